The molecule has 0 unspecified atom stereocenters. The van der Waals surface area contributed by atoms with Crippen LogP contribution in [0.1, 0.15) is 25.0 Å². The minimum atomic E-state index is -0.144. The van der Waals surface area contributed by atoms with Crippen molar-refractivity contribution in [2.45, 2.75) is 19.3 Å². The molecule has 0 saturated carbocycles. The van der Waals surface area contributed by atoms with Gasteiger partial charge in [-0.15, -0.1) is 0 Å². The van der Waals surface area contributed by atoms with Crippen molar-refractivity contribution in [3.8, 4) is 44.5 Å². The number of para-hydroxylation sites is 2. The van der Waals surface area contributed by atoms with Crippen LogP contribution in [-0.4, -0.2) is 0 Å². The average molecular weight is 680 g/mol. The maximum absolute atomic E-state index is 6.83. The number of benzene rings is 8. The second-order valence-corrected chi connectivity index (χ2v) is 14.5. The highest BCUT2D eigenvalue weighted by atomic mass is 16.3. The summed E-state index contributed by atoms with van der Waals surface area (Å²) in [6, 6.07) is 67.7. The van der Waals surface area contributed by atoms with Crippen molar-refractivity contribution in [2.24, 2.45) is 0 Å². The van der Waals surface area contributed by atoms with Crippen LogP contribution in [0.5, 0.6) is 0 Å². The first-order valence-corrected chi connectivity index (χ1v) is 18.4. The molecule has 10 rings (SSSR count). The molecule has 8 aromatic carbocycles. The van der Waals surface area contributed by atoms with Gasteiger partial charge < -0.3 is 9.32 Å². The van der Waals surface area contributed by atoms with E-state index in [-0.39, 0.29) is 5.41 Å². The largest absolute Gasteiger partial charge is 0.455 e. The Bertz CT molecular complexity index is 2790. The van der Waals surface area contributed by atoms with Gasteiger partial charge in [-0.3, -0.25) is 0 Å². The number of hydrogen-bond donors (Lipinski definition) is 0. The van der Waals surface area contributed by atoms with Gasteiger partial charge in [0.2, 0.25) is 0 Å². The van der Waals surface area contributed by atoms with Crippen molar-refractivity contribution in [2.75, 3.05) is 4.90 Å². The predicted octanol–water partition coefficient (Wildman–Crippen LogP) is 14.4. The van der Waals surface area contributed by atoms with E-state index in [4.69, 9.17) is 4.42 Å². The fourth-order valence-corrected chi connectivity index (χ4v) is 8.54. The van der Waals surface area contributed by atoms with Crippen molar-refractivity contribution in [3.05, 3.63) is 199 Å². The van der Waals surface area contributed by atoms with E-state index in [9.17, 15) is 0 Å². The Morgan fingerprint density at radius 1 is 0.396 bits per heavy atom. The monoisotopic (exact) mass is 679 g/mol. The van der Waals surface area contributed by atoms with Crippen molar-refractivity contribution in [1.29, 1.82) is 0 Å². The van der Waals surface area contributed by atoms with Crippen molar-refractivity contribution < 1.29 is 4.42 Å². The van der Waals surface area contributed by atoms with Gasteiger partial charge in [-0.05, 0) is 69.3 Å². The predicted molar refractivity (Wildman–Crippen MR) is 222 cm³/mol. The van der Waals surface area contributed by atoms with E-state index < -0.39 is 0 Å². The molecule has 2 heteroatoms. The number of fused-ring (bicyclic) bond motifs is 6. The highest BCUT2D eigenvalue weighted by Crippen LogP contribution is 2.56. The van der Waals surface area contributed by atoms with Gasteiger partial charge >= 0.3 is 0 Å². The maximum Gasteiger partial charge on any atom is 0.145 e. The Labute approximate surface area is 310 Å². The van der Waals surface area contributed by atoms with Gasteiger partial charge in [0, 0.05) is 27.5 Å². The highest BCUT2D eigenvalue weighted by molar-refractivity contribution is 6.18. The fourth-order valence-electron chi connectivity index (χ4n) is 8.54. The summed E-state index contributed by atoms with van der Waals surface area (Å²) in [5.74, 6) is 0. The molecule has 252 valence electrons. The SMILES string of the molecule is CC1(C)c2ccccc2-c2c(N(c3ccccc3-c3ccc(-c4ccccc4)cc3)c3ccc(-c4ccccc4)c4oc5ccccc5c34)cccc21. The molecule has 0 atom stereocenters. The molecule has 53 heavy (non-hydrogen) atoms. The molecule has 0 N–H and O–H groups in total. The molecule has 2 nitrogen and oxygen atoms in total. The molecule has 9 aromatic rings. The first-order chi connectivity index (χ1) is 26.1. The third-order valence-corrected chi connectivity index (χ3v) is 11.1. The smallest absolute Gasteiger partial charge is 0.145 e. The summed E-state index contributed by atoms with van der Waals surface area (Å²) in [5.41, 5.74) is 17.1. The molecule has 0 amide bonds. The molecule has 0 fully saturated rings. The zero-order chi connectivity index (χ0) is 35.5. The van der Waals surface area contributed by atoms with Crippen LogP contribution in [0.3, 0.4) is 0 Å². The first-order valence-electron chi connectivity index (χ1n) is 18.4. The quantitative estimate of drug-likeness (QED) is 0.174. The Morgan fingerprint density at radius 2 is 0.962 bits per heavy atom. The number of anilines is 3. The molecule has 0 saturated heterocycles. The van der Waals surface area contributed by atoms with E-state index in [0.29, 0.717) is 0 Å². The molecular weight excluding hydrogens is 643 g/mol. The topological polar surface area (TPSA) is 16.4 Å². The van der Waals surface area contributed by atoms with E-state index in [1.807, 2.05) is 0 Å². The van der Waals surface area contributed by atoms with E-state index >= 15 is 0 Å². The van der Waals surface area contributed by atoms with Gasteiger partial charge in [0.05, 0.1) is 22.4 Å². The van der Waals surface area contributed by atoms with E-state index in [0.717, 1.165) is 61.3 Å². The molecule has 0 radical (unpaired) electrons. The van der Waals surface area contributed by atoms with Crippen molar-refractivity contribution in [1.82, 2.24) is 0 Å². The number of furan rings is 1. The molecule has 1 aliphatic rings. The Hall–Kier alpha value is -6.64. The van der Waals surface area contributed by atoms with Gasteiger partial charge in [0.25, 0.3) is 0 Å². The standard InChI is InChI=1S/C51H37NO/c1-51(2)42-23-12-9-21-40(42)48-43(51)24-15-26-45(48)52(44-25-13-10-20-38(44)37-30-28-35(29-31-37)34-16-5-3-6-17-34)46-33-32-39(36-18-7-4-8-19-36)50-49(46)41-22-11-14-27-47(41)53-50/h3-33H,1-2H3. The molecular formula is C51H37NO. The van der Waals surface area contributed by atoms with Crippen molar-refractivity contribution in [3.63, 3.8) is 0 Å². The van der Waals surface area contributed by atoms with E-state index in [1.165, 1.54) is 33.4 Å². The molecule has 1 heterocycles. The summed E-state index contributed by atoms with van der Waals surface area (Å²) >= 11 is 0. The van der Waals surface area contributed by atoms with Gasteiger partial charge in [0.1, 0.15) is 11.2 Å². The normalized spacial score (nSPS) is 12.9. The van der Waals surface area contributed by atoms with Gasteiger partial charge in [0.15, 0.2) is 0 Å². The lowest BCUT2D eigenvalue weighted by atomic mass is 9.82. The summed E-state index contributed by atoms with van der Waals surface area (Å²) in [6.45, 7) is 4.70. The van der Waals surface area contributed by atoms with E-state index in [1.54, 1.807) is 0 Å². The second kappa shape index (κ2) is 12.3. The third kappa shape index (κ3) is 4.94. The minimum Gasteiger partial charge on any atom is -0.455 e. The van der Waals surface area contributed by atoms with E-state index in [2.05, 4.69) is 207 Å². The second-order valence-electron chi connectivity index (χ2n) is 14.5. The van der Waals surface area contributed by atoms with Crippen LogP contribution >= 0.6 is 0 Å². The van der Waals surface area contributed by atoms with Crippen LogP contribution in [0.15, 0.2) is 192 Å². The first kappa shape index (κ1) is 31.1. The van der Waals surface area contributed by atoms with Crippen LogP contribution in [0.25, 0.3) is 66.4 Å². The van der Waals surface area contributed by atoms with Crippen LogP contribution in [-0.2, 0) is 5.41 Å². The Balaban J connectivity index is 1.28. The molecule has 0 spiro atoms. The summed E-state index contributed by atoms with van der Waals surface area (Å²) < 4.78 is 6.83. The van der Waals surface area contributed by atoms with Crippen LogP contribution in [0, 0.1) is 0 Å². The third-order valence-electron chi connectivity index (χ3n) is 11.1. The average Bonchev–Trinajstić information content (AvgIpc) is 3.72. The fraction of sp³-hybridized carbons (Fsp3) is 0.0588. The Morgan fingerprint density at radius 3 is 1.75 bits per heavy atom. The maximum atomic E-state index is 6.83. The van der Waals surface area contributed by atoms with Crippen LogP contribution < -0.4 is 4.90 Å². The van der Waals surface area contributed by atoms with Crippen LogP contribution in [0.2, 0.25) is 0 Å². The summed E-state index contributed by atoms with van der Waals surface area (Å²) in [5, 5.41) is 2.19. The molecule has 1 aromatic heterocycles. The summed E-state index contributed by atoms with van der Waals surface area (Å²) in [4.78, 5) is 2.50. The zero-order valence-corrected chi connectivity index (χ0v) is 29.8. The number of hydrogen-bond acceptors (Lipinski definition) is 2. The lowest BCUT2D eigenvalue weighted by Crippen LogP contribution is -2.16. The minimum absolute atomic E-state index is 0.144. The molecule has 0 aliphatic heterocycles. The summed E-state index contributed by atoms with van der Waals surface area (Å²) in [6.07, 6.45) is 0. The number of nitrogens with zero attached hydrogens (tertiary/aromatic N) is 1. The lowest BCUT2D eigenvalue weighted by molar-refractivity contribution is 0.660. The summed E-state index contributed by atoms with van der Waals surface area (Å²) in [7, 11) is 0. The molecule has 1 aliphatic carbocycles. The molecule has 0 bridgehead atoms. The highest BCUT2D eigenvalue weighted by Gasteiger charge is 2.38. The Kier molecular flexibility index (Phi) is 7.19. The number of rotatable bonds is 6. The van der Waals surface area contributed by atoms with Gasteiger partial charge in [-0.1, -0.05) is 172 Å². The van der Waals surface area contributed by atoms with Crippen molar-refractivity contribution >= 4 is 39.0 Å². The van der Waals surface area contributed by atoms with Gasteiger partial charge in [-0.25, -0.2) is 0 Å². The van der Waals surface area contributed by atoms with Gasteiger partial charge in [-0.2, -0.15) is 0 Å². The zero-order valence-electron chi connectivity index (χ0n) is 29.8. The lowest BCUT2D eigenvalue weighted by Gasteiger charge is -2.31. The van der Waals surface area contributed by atoms with Crippen LogP contribution in [0.4, 0.5) is 17.1 Å².